The van der Waals surface area contributed by atoms with Crippen LogP contribution in [0.25, 0.3) is 0 Å². The van der Waals surface area contributed by atoms with E-state index in [1.54, 1.807) is 11.3 Å². The zero-order chi connectivity index (χ0) is 13.9. The van der Waals surface area contributed by atoms with E-state index >= 15 is 0 Å². The highest BCUT2D eigenvalue weighted by molar-refractivity contribution is 7.12. The molecule has 2 N–H and O–H groups in total. The molecule has 0 aromatic carbocycles. The topological polar surface area (TPSA) is 52.3 Å². The summed E-state index contributed by atoms with van der Waals surface area (Å²) in [5, 5.41) is 0. The van der Waals surface area contributed by atoms with Crippen molar-refractivity contribution in [3.05, 3.63) is 21.4 Å². The van der Waals surface area contributed by atoms with Gasteiger partial charge < -0.3 is 10.5 Å². The first-order chi connectivity index (χ1) is 8.27. The number of rotatable bonds is 5. The summed E-state index contributed by atoms with van der Waals surface area (Å²) in [6.07, 6.45) is 0.604. The molecule has 0 amide bonds. The molecule has 102 valence electrons. The van der Waals surface area contributed by atoms with Gasteiger partial charge in [0.15, 0.2) is 0 Å². The number of carbonyl (C=O) groups excluding carboxylic acids is 1. The average Bonchev–Trinajstić information content (AvgIpc) is 2.57. The summed E-state index contributed by atoms with van der Waals surface area (Å²) in [5.74, 6) is -0.175. The van der Waals surface area contributed by atoms with E-state index in [2.05, 4.69) is 19.9 Å². The molecule has 0 radical (unpaired) electrons. The number of ether oxygens (including phenoxy) is 1. The Morgan fingerprint density at radius 2 is 2.11 bits per heavy atom. The molecule has 0 bridgehead atoms. The third-order valence-electron chi connectivity index (χ3n) is 2.97. The molecule has 1 unspecified atom stereocenters. The molecular weight excluding hydrogens is 246 g/mol. The fourth-order valence-electron chi connectivity index (χ4n) is 2.08. The molecule has 0 aliphatic rings. The van der Waals surface area contributed by atoms with Gasteiger partial charge in [-0.05, 0) is 52.7 Å². The molecule has 0 aliphatic heterocycles. The lowest BCUT2D eigenvalue weighted by atomic mass is 9.85. The standard InChI is InChI=1S/C14H23NO2S/c1-6-17-13(16)14(4,5)8-11(15)12-9(2)7-10(3)18-12/h7,11H,6,8,15H2,1-5H3. The second kappa shape index (κ2) is 5.85. The van der Waals surface area contributed by atoms with Crippen molar-refractivity contribution in [2.45, 2.75) is 47.1 Å². The van der Waals surface area contributed by atoms with E-state index in [0.717, 1.165) is 0 Å². The van der Waals surface area contributed by atoms with Crippen molar-refractivity contribution in [1.82, 2.24) is 0 Å². The predicted octanol–water partition coefficient (Wildman–Crippen LogP) is 3.34. The Morgan fingerprint density at radius 3 is 2.56 bits per heavy atom. The van der Waals surface area contributed by atoms with E-state index in [0.29, 0.717) is 13.0 Å². The number of hydrogen-bond donors (Lipinski definition) is 1. The Balaban J connectivity index is 2.78. The second-order valence-electron chi connectivity index (χ2n) is 5.32. The number of carbonyl (C=O) groups is 1. The second-order valence-corrected chi connectivity index (χ2v) is 6.61. The lowest BCUT2D eigenvalue weighted by molar-refractivity contribution is -0.154. The lowest BCUT2D eigenvalue weighted by Crippen LogP contribution is -2.30. The molecule has 1 atom stereocenters. The van der Waals surface area contributed by atoms with Gasteiger partial charge in [0.05, 0.1) is 12.0 Å². The number of hydrogen-bond acceptors (Lipinski definition) is 4. The van der Waals surface area contributed by atoms with Crippen LogP contribution in [0, 0.1) is 19.3 Å². The first kappa shape index (κ1) is 15.2. The zero-order valence-corrected chi connectivity index (χ0v) is 12.7. The van der Waals surface area contributed by atoms with Crippen LogP contribution in [0.15, 0.2) is 6.07 Å². The fraction of sp³-hybridized carbons (Fsp3) is 0.643. The normalized spacial score (nSPS) is 13.4. The predicted molar refractivity (Wildman–Crippen MR) is 75.8 cm³/mol. The molecule has 3 nitrogen and oxygen atoms in total. The van der Waals surface area contributed by atoms with Crippen molar-refractivity contribution < 1.29 is 9.53 Å². The Labute approximate surface area is 113 Å². The van der Waals surface area contributed by atoms with Crippen LogP contribution in [0.1, 0.15) is 48.6 Å². The Bertz CT molecular complexity index is 423. The van der Waals surface area contributed by atoms with Crippen molar-refractivity contribution in [3.63, 3.8) is 0 Å². The molecule has 1 heterocycles. The van der Waals surface area contributed by atoms with E-state index in [1.165, 1.54) is 15.3 Å². The van der Waals surface area contributed by atoms with Gasteiger partial charge >= 0.3 is 5.97 Å². The van der Waals surface area contributed by atoms with Crippen LogP contribution in [-0.2, 0) is 9.53 Å². The summed E-state index contributed by atoms with van der Waals surface area (Å²) in [5.41, 5.74) is 6.90. The fourth-order valence-corrected chi connectivity index (χ4v) is 3.12. The van der Waals surface area contributed by atoms with Crippen LogP contribution in [0.5, 0.6) is 0 Å². The summed E-state index contributed by atoms with van der Waals surface area (Å²) >= 11 is 1.71. The van der Waals surface area contributed by atoms with Gasteiger partial charge in [-0.2, -0.15) is 0 Å². The zero-order valence-electron chi connectivity index (χ0n) is 11.9. The van der Waals surface area contributed by atoms with Crippen molar-refractivity contribution in [1.29, 1.82) is 0 Å². The van der Waals surface area contributed by atoms with Gasteiger partial charge in [0.2, 0.25) is 0 Å². The molecule has 1 rings (SSSR count). The summed E-state index contributed by atoms with van der Waals surface area (Å²) in [6, 6.07) is 2.03. The smallest absolute Gasteiger partial charge is 0.311 e. The molecule has 0 spiro atoms. The maximum Gasteiger partial charge on any atom is 0.311 e. The summed E-state index contributed by atoms with van der Waals surface area (Å²) in [6.45, 7) is 10.1. The first-order valence-corrected chi connectivity index (χ1v) is 7.09. The van der Waals surface area contributed by atoms with Crippen LogP contribution in [0.2, 0.25) is 0 Å². The molecule has 1 aromatic rings. The van der Waals surface area contributed by atoms with Crippen LogP contribution < -0.4 is 5.73 Å². The van der Waals surface area contributed by atoms with E-state index < -0.39 is 5.41 Å². The minimum absolute atomic E-state index is 0.108. The van der Waals surface area contributed by atoms with E-state index in [4.69, 9.17) is 10.5 Å². The maximum atomic E-state index is 11.8. The molecule has 1 aromatic heterocycles. The van der Waals surface area contributed by atoms with E-state index in [1.807, 2.05) is 20.8 Å². The van der Waals surface area contributed by atoms with Crippen molar-refractivity contribution in [2.24, 2.45) is 11.1 Å². The number of nitrogens with two attached hydrogens (primary N) is 1. The van der Waals surface area contributed by atoms with Crippen LogP contribution in [0.4, 0.5) is 0 Å². The molecule has 0 saturated carbocycles. The van der Waals surface area contributed by atoms with E-state index in [-0.39, 0.29) is 12.0 Å². The molecule has 4 heteroatoms. The minimum Gasteiger partial charge on any atom is -0.466 e. The Kier molecular flexibility index (Phi) is 4.93. The molecule has 0 saturated heterocycles. The summed E-state index contributed by atoms with van der Waals surface area (Å²) in [7, 11) is 0. The molecule has 18 heavy (non-hydrogen) atoms. The SMILES string of the molecule is CCOC(=O)C(C)(C)CC(N)c1sc(C)cc1C. The number of esters is 1. The van der Waals surface area contributed by atoms with Gasteiger partial charge in [-0.25, -0.2) is 0 Å². The van der Waals surface area contributed by atoms with E-state index in [9.17, 15) is 4.79 Å². The average molecular weight is 269 g/mol. The number of aryl methyl sites for hydroxylation is 2. The summed E-state index contributed by atoms with van der Waals surface area (Å²) < 4.78 is 5.09. The molecular formula is C14H23NO2S. The largest absolute Gasteiger partial charge is 0.466 e. The van der Waals surface area contributed by atoms with Crippen LogP contribution in [0.3, 0.4) is 0 Å². The van der Waals surface area contributed by atoms with Gasteiger partial charge in [0.1, 0.15) is 0 Å². The minimum atomic E-state index is -0.542. The Morgan fingerprint density at radius 1 is 1.50 bits per heavy atom. The third-order valence-corrected chi connectivity index (χ3v) is 4.26. The third kappa shape index (κ3) is 3.56. The summed E-state index contributed by atoms with van der Waals surface area (Å²) in [4.78, 5) is 14.3. The van der Waals surface area contributed by atoms with Crippen molar-refractivity contribution in [3.8, 4) is 0 Å². The first-order valence-electron chi connectivity index (χ1n) is 6.27. The van der Waals surface area contributed by atoms with Gasteiger partial charge in [0.25, 0.3) is 0 Å². The van der Waals surface area contributed by atoms with Crippen molar-refractivity contribution >= 4 is 17.3 Å². The van der Waals surface area contributed by atoms with Gasteiger partial charge in [-0.15, -0.1) is 11.3 Å². The van der Waals surface area contributed by atoms with Crippen molar-refractivity contribution in [2.75, 3.05) is 6.61 Å². The van der Waals surface area contributed by atoms with Crippen LogP contribution >= 0.6 is 11.3 Å². The van der Waals surface area contributed by atoms with Gasteiger partial charge in [-0.3, -0.25) is 4.79 Å². The number of thiophene rings is 1. The van der Waals surface area contributed by atoms with Crippen LogP contribution in [-0.4, -0.2) is 12.6 Å². The highest BCUT2D eigenvalue weighted by Crippen LogP contribution is 2.34. The highest BCUT2D eigenvalue weighted by atomic mass is 32.1. The monoisotopic (exact) mass is 269 g/mol. The lowest BCUT2D eigenvalue weighted by Gasteiger charge is -2.25. The van der Waals surface area contributed by atoms with Gasteiger partial charge in [0, 0.05) is 15.8 Å². The molecule has 0 aliphatic carbocycles. The quantitative estimate of drug-likeness (QED) is 0.834. The Hall–Kier alpha value is -0.870. The maximum absolute atomic E-state index is 11.8. The van der Waals surface area contributed by atoms with Gasteiger partial charge in [-0.1, -0.05) is 0 Å². The highest BCUT2D eigenvalue weighted by Gasteiger charge is 2.32. The molecule has 0 fully saturated rings.